The third-order valence-corrected chi connectivity index (χ3v) is 3.18. The molecule has 0 fully saturated rings. The minimum absolute atomic E-state index is 0.110. The number of nitrogens with two attached hydrogens (primary N) is 1. The van der Waals surface area contributed by atoms with Crippen LogP contribution in [0.25, 0.3) is 0 Å². The Bertz CT molecular complexity index is 390. The highest BCUT2D eigenvalue weighted by Gasteiger charge is 2.38. The van der Waals surface area contributed by atoms with Crippen LogP contribution in [0.1, 0.15) is 27.7 Å². The van der Waals surface area contributed by atoms with E-state index in [1.807, 2.05) is 20.8 Å². The van der Waals surface area contributed by atoms with Crippen molar-refractivity contribution in [3.05, 3.63) is 11.3 Å². The highest BCUT2D eigenvalue weighted by molar-refractivity contribution is 5.94. The van der Waals surface area contributed by atoms with Crippen molar-refractivity contribution in [2.75, 3.05) is 13.7 Å². The van der Waals surface area contributed by atoms with Crippen LogP contribution in [0.15, 0.2) is 11.3 Å². The molecule has 1 atom stereocenters. The van der Waals surface area contributed by atoms with Crippen LogP contribution in [0, 0.1) is 11.3 Å². The number of rotatable bonds is 3. The van der Waals surface area contributed by atoms with Crippen molar-refractivity contribution in [1.82, 2.24) is 9.91 Å². The molecule has 0 aromatic heterocycles. The van der Waals surface area contributed by atoms with Gasteiger partial charge in [-0.1, -0.05) is 13.8 Å². The Balaban J connectivity index is 3.27. The Labute approximate surface area is 108 Å². The standard InChI is InChI=1S/C12H22N4O2/c1-6-18-11(17)9-8(4)15(5)12(13)16(14)10(9)7(2)3/h7,10,13H,6,14H2,1-5H3. The van der Waals surface area contributed by atoms with Crippen LogP contribution in [0.4, 0.5) is 0 Å². The average Bonchev–Trinajstić information content (AvgIpc) is 2.30. The van der Waals surface area contributed by atoms with E-state index < -0.39 is 0 Å². The summed E-state index contributed by atoms with van der Waals surface area (Å²) in [7, 11) is 1.72. The summed E-state index contributed by atoms with van der Waals surface area (Å²) in [6.07, 6.45) is 0. The smallest absolute Gasteiger partial charge is 0.337 e. The number of esters is 1. The summed E-state index contributed by atoms with van der Waals surface area (Å²) in [4.78, 5) is 13.7. The number of nitrogens with one attached hydrogen (secondary N) is 1. The van der Waals surface area contributed by atoms with Gasteiger partial charge < -0.3 is 9.64 Å². The Kier molecular flexibility index (Phi) is 4.34. The lowest BCUT2D eigenvalue weighted by atomic mass is 9.92. The number of hydrazine groups is 1. The summed E-state index contributed by atoms with van der Waals surface area (Å²) in [6.45, 7) is 7.84. The molecule has 18 heavy (non-hydrogen) atoms. The van der Waals surface area contributed by atoms with Crippen LogP contribution >= 0.6 is 0 Å². The van der Waals surface area contributed by atoms with Crippen molar-refractivity contribution in [3.8, 4) is 0 Å². The van der Waals surface area contributed by atoms with Crippen molar-refractivity contribution in [1.29, 1.82) is 5.41 Å². The van der Waals surface area contributed by atoms with E-state index in [9.17, 15) is 4.79 Å². The van der Waals surface area contributed by atoms with Crippen molar-refractivity contribution >= 4 is 11.9 Å². The van der Waals surface area contributed by atoms with Crippen LogP contribution < -0.4 is 5.84 Å². The van der Waals surface area contributed by atoms with Crippen LogP contribution in [0.2, 0.25) is 0 Å². The maximum absolute atomic E-state index is 12.1. The molecular weight excluding hydrogens is 232 g/mol. The minimum Gasteiger partial charge on any atom is -0.463 e. The topological polar surface area (TPSA) is 82.7 Å². The van der Waals surface area contributed by atoms with Crippen LogP contribution in [0.3, 0.4) is 0 Å². The molecule has 102 valence electrons. The van der Waals surface area contributed by atoms with E-state index in [0.29, 0.717) is 12.2 Å². The number of carbonyl (C=O) groups is 1. The zero-order valence-electron chi connectivity index (χ0n) is 11.7. The van der Waals surface area contributed by atoms with Crippen molar-refractivity contribution in [3.63, 3.8) is 0 Å². The predicted octanol–water partition coefficient (Wildman–Crippen LogP) is 0.904. The molecule has 0 bridgehead atoms. The minimum atomic E-state index is -0.358. The highest BCUT2D eigenvalue weighted by atomic mass is 16.5. The quantitative estimate of drug-likeness (QED) is 0.577. The monoisotopic (exact) mass is 254 g/mol. The molecule has 0 saturated heterocycles. The molecule has 3 N–H and O–H groups in total. The van der Waals surface area contributed by atoms with Gasteiger partial charge in [-0.25, -0.2) is 10.6 Å². The van der Waals surface area contributed by atoms with E-state index in [2.05, 4.69) is 0 Å². The summed E-state index contributed by atoms with van der Waals surface area (Å²) in [5.74, 6) is 5.86. The molecule has 1 heterocycles. The summed E-state index contributed by atoms with van der Waals surface area (Å²) in [6, 6.07) is -0.326. The first-order valence-electron chi connectivity index (χ1n) is 6.07. The molecule has 0 aliphatic carbocycles. The zero-order valence-corrected chi connectivity index (χ0v) is 11.7. The maximum Gasteiger partial charge on any atom is 0.337 e. The second-order valence-electron chi connectivity index (χ2n) is 4.70. The van der Waals surface area contributed by atoms with E-state index in [4.69, 9.17) is 16.0 Å². The van der Waals surface area contributed by atoms with Gasteiger partial charge in [0.05, 0.1) is 18.2 Å². The van der Waals surface area contributed by atoms with Gasteiger partial charge >= 0.3 is 5.97 Å². The van der Waals surface area contributed by atoms with E-state index in [-0.39, 0.29) is 23.9 Å². The highest BCUT2D eigenvalue weighted by Crippen LogP contribution is 2.28. The second-order valence-corrected chi connectivity index (χ2v) is 4.70. The number of guanidine groups is 1. The molecule has 0 spiro atoms. The van der Waals surface area contributed by atoms with Crippen molar-refractivity contribution < 1.29 is 9.53 Å². The molecule has 1 unspecified atom stereocenters. The van der Waals surface area contributed by atoms with Crippen LogP contribution in [-0.4, -0.2) is 41.5 Å². The van der Waals surface area contributed by atoms with Gasteiger partial charge in [-0.05, 0) is 19.8 Å². The lowest BCUT2D eigenvalue weighted by Gasteiger charge is -2.42. The number of allylic oxidation sites excluding steroid dienone is 1. The molecular formula is C12H22N4O2. The second kappa shape index (κ2) is 5.39. The Morgan fingerprint density at radius 2 is 2.11 bits per heavy atom. The Hall–Kier alpha value is -1.56. The number of hydrogen-bond donors (Lipinski definition) is 2. The number of nitrogens with zero attached hydrogens (tertiary/aromatic N) is 2. The Morgan fingerprint density at radius 1 is 1.56 bits per heavy atom. The molecule has 0 radical (unpaired) electrons. The van der Waals surface area contributed by atoms with Gasteiger partial charge in [-0.3, -0.25) is 10.4 Å². The van der Waals surface area contributed by atoms with Crippen LogP contribution in [0.5, 0.6) is 0 Å². The van der Waals surface area contributed by atoms with E-state index in [1.165, 1.54) is 5.01 Å². The largest absolute Gasteiger partial charge is 0.463 e. The van der Waals surface area contributed by atoms with Crippen LogP contribution in [-0.2, 0) is 9.53 Å². The lowest BCUT2D eigenvalue weighted by Crippen LogP contribution is -2.58. The molecule has 1 rings (SSSR count). The van der Waals surface area contributed by atoms with Crippen molar-refractivity contribution in [2.45, 2.75) is 33.7 Å². The number of hydrogen-bond acceptors (Lipinski definition) is 4. The molecule has 6 heteroatoms. The fourth-order valence-corrected chi connectivity index (χ4v) is 2.13. The predicted molar refractivity (Wildman–Crippen MR) is 69.5 cm³/mol. The first kappa shape index (κ1) is 14.5. The molecule has 1 aliphatic rings. The van der Waals surface area contributed by atoms with E-state index in [1.54, 1.807) is 18.9 Å². The SMILES string of the molecule is CCOC(=O)C1=C(C)N(C)C(=N)N(N)C1C(C)C. The van der Waals surface area contributed by atoms with Gasteiger partial charge in [0.2, 0.25) is 5.96 Å². The lowest BCUT2D eigenvalue weighted by molar-refractivity contribution is -0.139. The fraction of sp³-hybridized carbons (Fsp3) is 0.667. The molecule has 0 saturated carbocycles. The van der Waals surface area contributed by atoms with Gasteiger partial charge in [0, 0.05) is 12.7 Å². The van der Waals surface area contributed by atoms with Gasteiger partial charge in [0.15, 0.2) is 0 Å². The summed E-state index contributed by atoms with van der Waals surface area (Å²) >= 11 is 0. The van der Waals surface area contributed by atoms with E-state index in [0.717, 1.165) is 5.70 Å². The first-order valence-corrected chi connectivity index (χ1v) is 6.07. The first-order chi connectivity index (χ1) is 8.32. The maximum atomic E-state index is 12.1. The number of carbonyl (C=O) groups excluding carboxylic acids is 1. The fourth-order valence-electron chi connectivity index (χ4n) is 2.13. The number of ether oxygens (including phenoxy) is 1. The summed E-state index contributed by atoms with van der Waals surface area (Å²) in [5.41, 5.74) is 1.26. The third-order valence-electron chi connectivity index (χ3n) is 3.18. The zero-order chi connectivity index (χ0) is 14.0. The summed E-state index contributed by atoms with van der Waals surface area (Å²) in [5, 5.41) is 9.25. The van der Waals surface area contributed by atoms with Gasteiger partial charge in [-0.15, -0.1) is 0 Å². The average molecular weight is 254 g/mol. The summed E-state index contributed by atoms with van der Waals surface area (Å²) < 4.78 is 5.09. The molecule has 0 amide bonds. The third kappa shape index (κ3) is 2.33. The normalized spacial score (nSPS) is 20.8. The Morgan fingerprint density at radius 3 is 2.56 bits per heavy atom. The van der Waals surface area contributed by atoms with Gasteiger partial charge in [-0.2, -0.15) is 0 Å². The van der Waals surface area contributed by atoms with E-state index >= 15 is 0 Å². The molecule has 0 aromatic carbocycles. The molecule has 6 nitrogen and oxygen atoms in total. The van der Waals surface area contributed by atoms with Crippen molar-refractivity contribution in [2.24, 2.45) is 11.8 Å². The van der Waals surface area contributed by atoms with Gasteiger partial charge in [0.25, 0.3) is 0 Å². The van der Waals surface area contributed by atoms with Gasteiger partial charge in [0.1, 0.15) is 0 Å². The molecule has 0 aromatic rings. The molecule has 1 aliphatic heterocycles.